The number of aromatic amines is 1. The smallest absolute Gasteiger partial charge is 0.268 e. The quantitative estimate of drug-likeness (QED) is 0.900. The molecule has 0 fully saturated rings. The van der Waals surface area contributed by atoms with Crippen LogP contribution in [0.25, 0.3) is 0 Å². The van der Waals surface area contributed by atoms with Crippen LogP contribution in [-0.2, 0) is 6.54 Å². The molecule has 0 aliphatic carbocycles. The zero-order valence-corrected chi connectivity index (χ0v) is 11.3. The van der Waals surface area contributed by atoms with Crippen LogP contribution in [-0.4, -0.2) is 10.9 Å². The summed E-state index contributed by atoms with van der Waals surface area (Å²) >= 11 is 0. The molecule has 4 nitrogen and oxygen atoms in total. The Kier molecular flexibility index (Phi) is 3.98. The van der Waals surface area contributed by atoms with Gasteiger partial charge in [-0.2, -0.15) is 0 Å². The molecule has 2 N–H and O–H groups in total. The molecule has 0 saturated carbocycles. The van der Waals surface area contributed by atoms with E-state index in [1.807, 2.05) is 0 Å². The van der Waals surface area contributed by atoms with Crippen molar-refractivity contribution in [3.63, 3.8) is 0 Å². The molecule has 104 valence electrons. The van der Waals surface area contributed by atoms with Gasteiger partial charge in [0.25, 0.3) is 5.91 Å². The fourth-order valence-corrected chi connectivity index (χ4v) is 2.00. The summed E-state index contributed by atoms with van der Waals surface area (Å²) in [4.78, 5) is 25.4. The van der Waals surface area contributed by atoms with Gasteiger partial charge in [0, 0.05) is 12.6 Å². The molecule has 0 aliphatic rings. The molecule has 0 radical (unpaired) electrons. The van der Waals surface area contributed by atoms with E-state index in [4.69, 9.17) is 0 Å². The summed E-state index contributed by atoms with van der Waals surface area (Å²) in [6.07, 6.45) is 0. The number of hydrogen-bond donors (Lipinski definition) is 2. The largest absolute Gasteiger partial charge is 0.347 e. The molecule has 0 aliphatic heterocycles. The average Bonchev–Trinajstić information content (AvgIpc) is 2.42. The Morgan fingerprint density at radius 3 is 2.50 bits per heavy atom. The molecule has 1 aromatic heterocycles. The third-order valence-electron chi connectivity index (χ3n) is 2.96. The van der Waals surface area contributed by atoms with Gasteiger partial charge in [0.05, 0.1) is 0 Å². The second kappa shape index (κ2) is 5.69. The van der Waals surface area contributed by atoms with E-state index >= 15 is 0 Å². The van der Waals surface area contributed by atoms with Gasteiger partial charge in [-0.05, 0) is 36.6 Å². The molecule has 2 aromatic rings. The third-order valence-corrected chi connectivity index (χ3v) is 2.96. The predicted molar refractivity (Wildman–Crippen MR) is 74.1 cm³/mol. The molecule has 2 rings (SSSR count). The summed E-state index contributed by atoms with van der Waals surface area (Å²) in [5.41, 5.74) is 1.77. The molecule has 1 amide bonds. The van der Waals surface area contributed by atoms with Gasteiger partial charge in [0.2, 0.25) is 5.56 Å². The van der Waals surface area contributed by atoms with E-state index in [9.17, 15) is 14.0 Å². The Balaban J connectivity index is 2.09. The van der Waals surface area contributed by atoms with E-state index < -0.39 is 0 Å². The van der Waals surface area contributed by atoms with Gasteiger partial charge in [-0.1, -0.05) is 18.2 Å². The van der Waals surface area contributed by atoms with Crippen LogP contribution < -0.4 is 10.9 Å². The highest BCUT2D eigenvalue weighted by Gasteiger charge is 2.08. The van der Waals surface area contributed by atoms with Crippen LogP contribution in [0.4, 0.5) is 4.39 Å². The number of rotatable bonds is 3. The van der Waals surface area contributed by atoms with E-state index in [-0.39, 0.29) is 29.5 Å². The molecule has 0 unspecified atom stereocenters. The minimum absolute atomic E-state index is 0.202. The molecule has 5 heteroatoms. The van der Waals surface area contributed by atoms with Crippen LogP contribution in [0.2, 0.25) is 0 Å². The number of aromatic nitrogens is 1. The van der Waals surface area contributed by atoms with E-state index in [2.05, 4.69) is 10.3 Å². The second-order valence-electron chi connectivity index (χ2n) is 4.65. The molecule has 0 bridgehead atoms. The summed E-state index contributed by atoms with van der Waals surface area (Å²) in [6.45, 7) is 3.64. The maximum atomic E-state index is 13.5. The fourth-order valence-electron chi connectivity index (χ4n) is 2.00. The van der Waals surface area contributed by atoms with Crippen molar-refractivity contribution < 1.29 is 9.18 Å². The lowest BCUT2D eigenvalue weighted by Crippen LogP contribution is -2.25. The van der Waals surface area contributed by atoms with E-state index in [1.165, 1.54) is 18.2 Å². The highest BCUT2D eigenvalue weighted by molar-refractivity contribution is 5.92. The number of benzene rings is 1. The summed E-state index contributed by atoms with van der Waals surface area (Å²) in [5.74, 6) is -0.602. The highest BCUT2D eigenvalue weighted by Crippen LogP contribution is 2.14. The Labute approximate surface area is 115 Å². The minimum atomic E-state index is -0.373. The summed E-state index contributed by atoms with van der Waals surface area (Å²) in [6, 6.07) is 7.76. The van der Waals surface area contributed by atoms with Crippen LogP contribution in [0.5, 0.6) is 0 Å². The van der Waals surface area contributed by atoms with Gasteiger partial charge in [0.1, 0.15) is 11.5 Å². The summed E-state index contributed by atoms with van der Waals surface area (Å²) in [5, 5.41) is 2.68. The maximum Gasteiger partial charge on any atom is 0.268 e. The molecular weight excluding hydrogens is 259 g/mol. The normalized spacial score (nSPS) is 10.3. The number of halogens is 1. The number of aryl methyl sites for hydroxylation is 2. The Hall–Kier alpha value is -2.43. The first-order chi connectivity index (χ1) is 9.47. The zero-order valence-electron chi connectivity index (χ0n) is 11.3. The van der Waals surface area contributed by atoms with Gasteiger partial charge >= 0.3 is 0 Å². The van der Waals surface area contributed by atoms with Crippen molar-refractivity contribution in [1.29, 1.82) is 0 Å². The number of carbonyl (C=O) groups excluding carboxylic acids is 1. The Morgan fingerprint density at radius 2 is 1.90 bits per heavy atom. The van der Waals surface area contributed by atoms with E-state index in [1.54, 1.807) is 26.0 Å². The van der Waals surface area contributed by atoms with Gasteiger partial charge in [-0.15, -0.1) is 0 Å². The van der Waals surface area contributed by atoms with Crippen molar-refractivity contribution >= 4 is 5.91 Å². The number of nitrogens with one attached hydrogen (secondary N) is 2. The van der Waals surface area contributed by atoms with Crippen LogP contribution in [0.15, 0.2) is 35.1 Å². The van der Waals surface area contributed by atoms with Crippen molar-refractivity contribution in [3.05, 3.63) is 68.9 Å². The van der Waals surface area contributed by atoms with Crippen molar-refractivity contribution in [2.24, 2.45) is 0 Å². The Bertz CT molecular complexity index is 684. The van der Waals surface area contributed by atoms with Crippen molar-refractivity contribution in [3.8, 4) is 0 Å². The van der Waals surface area contributed by atoms with E-state index in [0.29, 0.717) is 11.1 Å². The van der Waals surface area contributed by atoms with Crippen LogP contribution in [0, 0.1) is 19.7 Å². The molecule has 0 spiro atoms. The zero-order chi connectivity index (χ0) is 14.7. The van der Waals surface area contributed by atoms with Gasteiger partial charge in [-0.25, -0.2) is 4.39 Å². The van der Waals surface area contributed by atoms with Gasteiger partial charge < -0.3 is 10.3 Å². The molecular formula is C15H15FN2O2. The number of carbonyl (C=O) groups is 1. The minimum Gasteiger partial charge on any atom is -0.347 e. The number of H-pyrrole nitrogens is 1. The van der Waals surface area contributed by atoms with E-state index in [0.717, 1.165) is 5.56 Å². The monoisotopic (exact) mass is 274 g/mol. The first kappa shape index (κ1) is 14.0. The maximum absolute atomic E-state index is 13.5. The van der Waals surface area contributed by atoms with Crippen molar-refractivity contribution in [2.45, 2.75) is 20.4 Å². The molecule has 0 saturated heterocycles. The first-order valence-corrected chi connectivity index (χ1v) is 6.20. The number of hydrogen-bond acceptors (Lipinski definition) is 2. The lowest BCUT2D eigenvalue weighted by Gasteiger charge is -2.08. The van der Waals surface area contributed by atoms with Crippen molar-refractivity contribution in [2.75, 3.05) is 0 Å². The lowest BCUT2D eigenvalue weighted by molar-refractivity contribution is 0.0945. The number of amides is 1. The van der Waals surface area contributed by atoms with Crippen LogP contribution in [0.1, 0.15) is 27.2 Å². The SMILES string of the molecule is Cc1cc(CNC(=O)c2cccc(=O)[nH]2)cc(C)c1F. The molecule has 20 heavy (non-hydrogen) atoms. The molecule has 0 atom stereocenters. The lowest BCUT2D eigenvalue weighted by atomic mass is 10.1. The molecule has 1 heterocycles. The third kappa shape index (κ3) is 3.12. The van der Waals surface area contributed by atoms with Crippen LogP contribution >= 0.6 is 0 Å². The summed E-state index contributed by atoms with van der Waals surface area (Å²) < 4.78 is 13.5. The molecule has 1 aromatic carbocycles. The van der Waals surface area contributed by atoms with Crippen LogP contribution in [0.3, 0.4) is 0 Å². The van der Waals surface area contributed by atoms with Gasteiger partial charge in [-0.3, -0.25) is 9.59 Å². The topological polar surface area (TPSA) is 62.0 Å². The average molecular weight is 274 g/mol. The standard InChI is InChI=1S/C15H15FN2O2/c1-9-6-11(7-10(2)14(9)16)8-17-15(20)12-4-3-5-13(19)18-12/h3-7H,8H2,1-2H3,(H,17,20)(H,18,19). The first-order valence-electron chi connectivity index (χ1n) is 6.20. The fraction of sp³-hybridized carbons (Fsp3) is 0.200. The second-order valence-corrected chi connectivity index (χ2v) is 4.65. The Morgan fingerprint density at radius 1 is 1.25 bits per heavy atom. The van der Waals surface area contributed by atoms with Gasteiger partial charge in [0.15, 0.2) is 0 Å². The van der Waals surface area contributed by atoms with Crippen molar-refractivity contribution in [1.82, 2.24) is 10.3 Å². The predicted octanol–water partition coefficient (Wildman–Crippen LogP) is 2.06. The summed E-state index contributed by atoms with van der Waals surface area (Å²) in [7, 11) is 0. The highest BCUT2D eigenvalue weighted by atomic mass is 19.1. The number of pyridine rings is 1.